The van der Waals surface area contributed by atoms with Gasteiger partial charge in [-0.2, -0.15) is 5.10 Å². The second-order valence-electron chi connectivity index (χ2n) is 7.66. The summed E-state index contributed by atoms with van der Waals surface area (Å²) in [4.78, 5) is 34.2. The zero-order chi connectivity index (χ0) is 23.4. The summed E-state index contributed by atoms with van der Waals surface area (Å²) in [6.07, 6.45) is 6.80. The van der Waals surface area contributed by atoms with Crippen molar-refractivity contribution in [1.82, 2.24) is 20.2 Å². The normalized spacial score (nSPS) is 12.8. The van der Waals surface area contributed by atoms with Crippen LogP contribution in [0.3, 0.4) is 0 Å². The number of rotatable bonds is 9. The molecule has 3 N–H and O–H groups in total. The zero-order valence-electron chi connectivity index (χ0n) is 18.7. The van der Waals surface area contributed by atoms with Crippen molar-refractivity contribution in [3.05, 3.63) is 48.4 Å². The topological polar surface area (TPSA) is 119 Å². The van der Waals surface area contributed by atoms with Crippen molar-refractivity contribution in [1.29, 1.82) is 0 Å². The maximum atomic E-state index is 12.7. The lowest BCUT2D eigenvalue weighted by atomic mass is 10.1. The molecule has 2 amide bonds. The lowest BCUT2D eigenvalue weighted by molar-refractivity contribution is -0.117. The third-order valence-electron chi connectivity index (χ3n) is 5.16. The van der Waals surface area contributed by atoms with Gasteiger partial charge in [0.05, 0.1) is 36.9 Å². The molecule has 0 bridgehead atoms. The number of nitrogens with zero attached hydrogens (tertiary/aromatic N) is 3. The fourth-order valence-electron chi connectivity index (χ4n) is 3.36. The Kier molecular flexibility index (Phi) is 6.55. The predicted molar refractivity (Wildman–Crippen MR) is 123 cm³/mol. The average molecular weight is 450 g/mol. The zero-order valence-corrected chi connectivity index (χ0v) is 18.7. The first-order valence-electron chi connectivity index (χ1n) is 10.7. The van der Waals surface area contributed by atoms with Crippen molar-refractivity contribution < 1.29 is 19.2 Å². The second-order valence-corrected chi connectivity index (χ2v) is 7.66. The number of benzene rings is 1. The molecule has 1 fully saturated rings. The number of amides is 2. The fraction of sp³-hybridized carbons (Fsp3) is 0.304. The summed E-state index contributed by atoms with van der Waals surface area (Å²) in [5.74, 6) is 0.428. The Bertz CT molecular complexity index is 1170. The van der Waals surface area contributed by atoms with Crippen LogP contribution >= 0.6 is 0 Å². The van der Waals surface area contributed by atoms with Gasteiger partial charge >= 0.3 is 0 Å². The number of para-hydroxylation sites is 1. The van der Waals surface area contributed by atoms with Crippen LogP contribution in [-0.4, -0.2) is 40.3 Å². The van der Waals surface area contributed by atoms with Crippen LogP contribution in [0.5, 0.6) is 5.75 Å². The molecule has 0 aliphatic heterocycles. The predicted octanol–water partition coefficient (Wildman–Crippen LogP) is 3.26. The van der Waals surface area contributed by atoms with Crippen molar-refractivity contribution >= 4 is 29.0 Å². The minimum atomic E-state index is -0.464. The molecule has 2 aromatic heterocycles. The first-order chi connectivity index (χ1) is 16.0. The lowest BCUT2D eigenvalue weighted by Gasteiger charge is -2.17. The quantitative estimate of drug-likeness (QED) is 0.428. The third-order valence-corrected chi connectivity index (χ3v) is 5.16. The van der Waals surface area contributed by atoms with E-state index in [1.165, 1.54) is 6.20 Å². The Morgan fingerprint density at radius 2 is 2.03 bits per heavy atom. The van der Waals surface area contributed by atoms with Crippen molar-refractivity contribution in [2.75, 3.05) is 24.4 Å². The highest BCUT2D eigenvalue weighted by molar-refractivity contribution is 6.01. The molecule has 0 saturated heterocycles. The summed E-state index contributed by atoms with van der Waals surface area (Å²) in [5.41, 5.74) is 5.44. The van der Waals surface area contributed by atoms with E-state index in [9.17, 15) is 9.59 Å². The number of nitrogens with one attached hydrogen (secondary N) is 3. The standard InChI is InChI=1S/C23H26N6O4/c1-4-33-28-23(31)17-12-24-20(27-22(30)14-8-9-14)10-19(17)26-18-7-5-6-16(21(18)32-3)15-11-25-29(2)13-15/h5-7,10-14H,4,8-9H2,1-3H3,(H,28,31)(H2,24,26,27,30). The van der Waals surface area contributed by atoms with Gasteiger partial charge in [-0.25, -0.2) is 10.5 Å². The Labute approximate surface area is 191 Å². The van der Waals surface area contributed by atoms with E-state index in [0.29, 0.717) is 29.5 Å². The van der Waals surface area contributed by atoms with Crippen LogP contribution in [0, 0.1) is 5.92 Å². The minimum absolute atomic E-state index is 0.0281. The summed E-state index contributed by atoms with van der Waals surface area (Å²) in [5, 5.41) is 10.3. The number of ether oxygens (including phenoxy) is 1. The van der Waals surface area contributed by atoms with Crippen molar-refractivity contribution in [2.45, 2.75) is 19.8 Å². The number of carbonyl (C=O) groups is 2. The van der Waals surface area contributed by atoms with E-state index < -0.39 is 5.91 Å². The van der Waals surface area contributed by atoms with Crippen LogP contribution < -0.4 is 20.9 Å². The fourth-order valence-corrected chi connectivity index (χ4v) is 3.36. The van der Waals surface area contributed by atoms with Gasteiger partial charge in [0.1, 0.15) is 11.6 Å². The SMILES string of the molecule is CCONC(=O)c1cnc(NC(=O)C2CC2)cc1Nc1cccc(-c2cnn(C)c2)c1OC. The Hall–Kier alpha value is -3.92. The molecule has 10 heteroatoms. The van der Waals surface area contributed by atoms with Gasteiger partial charge in [0, 0.05) is 42.6 Å². The van der Waals surface area contributed by atoms with Crippen molar-refractivity contribution in [2.24, 2.45) is 13.0 Å². The summed E-state index contributed by atoms with van der Waals surface area (Å²) in [6, 6.07) is 7.27. The summed E-state index contributed by atoms with van der Waals surface area (Å²) in [6.45, 7) is 2.08. The van der Waals surface area contributed by atoms with E-state index in [-0.39, 0.29) is 17.4 Å². The Morgan fingerprint density at radius 1 is 1.21 bits per heavy atom. The number of hydroxylamine groups is 1. The Balaban J connectivity index is 1.70. The summed E-state index contributed by atoms with van der Waals surface area (Å²) >= 11 is 0. The van der Waals surface area contributed by atoms with Gasteiger partial charge in [0.25, 0.3) is 5.91 Å². The first-order valence-corrected chi connectivity index (χ1v) is 10.7. The average Bonchev–Trinajstić information content (AvgIpc) is 3.58. The molecule has 0 atom stereocenters. The summed E-state index contributed by atoms with van der Waals surface area (Å²) < 4.78 is 7.41. The highest BCUT2D eigenvalue weighted by atomic mass is 16.6. The molecule has 10 nitrogen and oxygen atoms in total. The highest BCUT2D eigenvalue weighted by Gasteiger charge is 2.30. The number of aryl methyl sites for hydroxylation is 1. The maximum absolute atomic E-state index is 12.7. The molecule has 2 heterocycles. The van der Waals surface area contributed by atoms with Crippen LogP contribution in [0.15, 0.2) is 42.9 Å². The molecule has 3 aromatic rings. The van der Waals surface area contributed by atoms with Crippen molar-refractivity contribution in [3.63, 3.8) is 0 Å². The van der Waals surface area contributed by atoms with Gasteiger partial charge in [-0.1, -0.05) is 12.1 Å². The molecule has 4 rings (SSSR count). The molecule has 1 aliphatic rings. The maximum Gasteiger partial charge on any atom is 0.278 e. The van der Waals surface area contributed by atoms with Gasteiger partial charge in [0.2, 0.25) is 5.91 Å². The molecule has 0 unspecified atom stereocenters. The first kappa shape index (κ1) is 22.3. The molecular weight excluding hydrogens is 424 g/mol. The molecule has 33 heavy (non-hydrogen) atoms. The molecular formula is C23H26N6O4. The molecule has 0 spiro atoms. The number of anilines is 3. The van der Waals surface area contributed by atoms with Gasteiger partial charge < -0.3 is 15.4 Å². The number of hydrogen-bond acceptors (Lipinski definition) is 7. The van der Waals surface area contributed by atoms with Gasteiger partial charge in [0.15, 0.2) is 0 Å². The van der Waals surface area contributed by atoms with E-state index in [1.807, 2.05) is 31.4 Å². The number of hydrogen-bond donors (Lipinski definition) is 3. The smallest absolute Gasteiger partial charge is 0.278 e. The van der Waals surface area contributed by atoms with Gasteiger partial charge in [-0.05, 0) is 25.8 Å². The van der Waals surface area contributed by atoms with Crippen molar-refractivity contribution in [3.8, 4) is 16.9 Å². The highest BCUT2D eigenvalue weighted by Crippen LogP contribution is 2.38. The number of carbonyl (C=O) groups excluding carboxylic acids is 2. The van der Waals surface area contributed by atoms with E-state index in [2.05, 4.69) is 26.2 Å². The minimum Gasteiger partial charge on any atom is -0.494 e. The van der Waals surface area contributed by atoms with E-state index in [0.717, 1.165) is 24.0 Å². The number of pyridine rings is 1. The summed E-state index contributed by atoms with van der Waals surface area (Å²) in [7, 11) is 3.42. The molecule has 0 radical (unpaired) electrons. The van der Waals surface area contributed by atoms with Crippen LogP contribution in [-0.2, 0) is 16.7 Å². The lowest BCUT2D eigenvalue weighted by Crippen LogP contribution is -2.25. The molecule has 1 aliphatic carbocycles. The van der Waals surface area contributed by atoms with Gasteiger partial charge in [-0.3, -0.25) is 19.1 Å². The number of methoxy groups -OCH3 is 1. The largest absolute Gasteiger partial charge is 0.494 e. The van der Waals surface area contributed by atoms with E-state index in [1.54, 1.807) is 31.0 Å². The monoisotopic (exact) mass is 450 g/mol. The molecule has 172 valence electrons. The van der Waals surface area contributed by atoms with Crippen LogP contribution in [0.2, 0.25) is 0 Å². The Morgan fingerprint density at radius 3 is 2.70 bits per heavy atom. The van der Waals surface area contributed by atoms with E-state index in [4.69, 9.17) is 9.57 Å². The van der Waals surface area contributed by atoms with E-state index >= 15 is 0 Å². The van der Waals surface area contributed by atoms with Crippen LogP contribution in [0.1, 0.15) is 30.1 Å². The van der Waals surface area contributed by atoms with Gasteiger partial charge in [-0.15, -0.1) is 0 Å². The second kappa shape index (κ2) is 9.70. The third kappa shape index (κ3) is 5.12. The molecule has 1 aromatic carbocycles. The molecule has 1 saturated carbocycles. The van der Waals surface area contributed by atoms with Crippen LogP contribution in [0.25, 0.3) is 11.1 Å². The number of aromatic nitrogens is 3. The van der Waals surface area contributed by atoms with Crippen LogP contribution in [0.4, 0.5) is 17.2 Å².